The Labute approximate surface area is 110 Å². The fourth-order valence-electron chi connectivity index (χ4n) is 1.88. The molecule has 0 aliphatic heterocycles. The molecule has 0 aliphatic rings. The van der Waals surface area contributed by atoms with Gasteiger partial charge in [-0.1, -0.05) is 26.3 Å². The maximum Gasteiger partial charge on any atom is 0.241 e. The molecule has 102 valence electrons. The summed E-state index contributed by atoms with van der Waals surface area (Å²) in [5.74, 6) is 0. The van der Waals surface area contributed by atoms with E-state index in [-0.39, 0.29) is 10.9 Å². The summed E-state index contributed by atoms with van der Waals surface area (Å²) in [5, 5.41) is 0. The Morgan fingerprint density at radius 1 is 1.33 bits per heavy atom. The molecule has 1 atom stereocenters. The minimum atomic E-state index is -3.48. The molecule has 0 saturated heterocycles. The van der Waals surface area contributed by atoms with E-state index in [9.17, 15) is 8.42 Å². The first kappa shape index (κ1) is 15.0. The van der Waals surface area contributed by atoms with Crippen molar-refractivity contribution in [1.29, 1.82) is 0 Å². The van der Waals surface area contributed by atoms with Gasteiger partial charge in [-0.15, -0.1) is 0 Å². The van der Waals surface area contributed by atoms with Crippen LogP contribution in [0.3, 0.4) is 0 Å². The van der Waals surface area contributed by atoms with Gasteiger partial charge in [0.1, 0.15) is 0 Å². The molecule has 1 rings (SSSR count). The lowest BCUT2D eigenvalue weighted by Gasteiger charge is -2.17. The van der Waals surface area contributed by atoms with E-state index >= 15 is 0 Å². The molecule has 0 spiro atoms. The topological polar surface area (TPSA) is 72.2 Å². The van der Waals surface area contributed by atoms with Gasteiger partial charge >= 0.3 is 0 Å². The SMILES string of the molecule is CCCC(CC)NS(=O)(=O)c1cc(N)ccc1C. The molecule has 0 aromatic heterocycles. The second-order valence-electron chi connectivity index (χ2n) is 4.54. The number of anilines is 1. The van der Waals surface area contributed by atoms with Crippen molar-refractivity contribution in [3.63, 3.8) is 0 Å². The van der Waals surface area contributed by atoms with E-state index in [1.807, 2.05) is 13.8 Å². The highest BCUT2D eigenvalue weighted by atomic mass is 32.2. The minimum absolute atomic E-state index is 0.0131. The number of nitrogens with one attached hydrogen (secondary N) is 1. The van der Waals surface area contributed by atoms with Crippen LogP contribution in [-0.2, 0) is 10.0 Å². The van der Waals surface area contributed by atoms with Gasteiger partial charge < -0.3 is 5.73 Å². The molecule has 0 amide bonds. The van der Waals surface area contributed by atoms with Crippen LogP contribution >= 0.6 is 0 Å². The van der Waals surface area contributed by atoms with Gasteiger partial charge in [-0.25, -0.2) is 13.1 Å². The molecule has 5 heteroatoms. The first-order valence-corrected chi connectivity index (χ1v) is 7.77. The van der Waals surface area contributed by atoms with Gasteiger partial charge in [0.2, 0.25) is 10.0 Å². The van der Waals surface area contributed by atoms with Crippen LogP contribution in [0.5, 0.6) is 0 Å². The second kappa shape index (κ2) is 6.20. The standard InChI is InChI=1S/C13H22N2O2S/c1-4-6-12(5-2)15-18(16,17)13-9-11(14)8-7-10(13)3/h7-9,12,15H,4-6,14H2,1-3H3. The van der Waals surface area contributed by atoms with E-state index < -0.39 is 10.0 Å². The van der Waals surface area contributed by atoms with Gasteiger partial charge in [0.15, 0.2) is 0 Å². The summed E-state index contributed by atoms with van der Waals surface area (Å²) >= 11 is 0. The molecular weight excluding hydrogens is 248 g/mol. The largest absolute Gasteiger partial charge is 0.399 e. The minimum Gasteiger partial charge on any atom is -0.399 e. The van der Waals surface area contributed by atoms with Crippen LogP contribution in [0.25, 0.3) is 0 Å². The number of nitrogens with two attached hydrogens (primary N) is 1. The van der Waals surface area contributed by atoms with Gasteiger partial charge in [0.25, 0.3) is 0 Å². The van der Waals surface area contributed by atoms with Gasteiger partial charge in [-0.2, -0.15) is 0 Å². The van der Waals surface area contributed by atoms with Crippen LogP contribution in [0, 0.1) is 6.92 Å². The van der Waals surface area contributed by atoms with E-state index in [1.165, 1.54) is 6.07 Å². The van der Waals surface area contributed by atoms with Crippen molar-refractivity contribution in [2.75, 3.05) is 5.73 Å². The third-order valence-corrected chi connectivity index (χ3v) is 4.62. The van der Waals surface area contributed by atoms with Crippen LogP contribution in [-0.4, -0.2) is 14.5 Å². The molecule has 0 radical (unpaired) electrons. The summed E-state index contributed by atoms with van der Waals surface area (Å²) in [4.78, 5) is 0.275. The van der Waals surface area contributed by atoms with Crippen molar-refractivity contribution < 1.29 is 8.42 Å². The Bertz CT molecular complexity index is 498. The van der Waals surface area contributed by atoms with Gasteiger partial charge in [-0.3, -0.25) is 0 Å². The molecule has 1 aromatic rings. The summed E-state index contributed by atoms with van der Waals surface area (Å²) in [7, 11) is -3.48. The Morgan fingerprint density at radius 3 is 2.56 bits per heavy atom. The highest BCUT2D eigenvalue weighted by molar-refractivity contribution is 7.89. The number of aryl methyl sites for hydroxylation is 1. The fourth-order valence-corrected chi connectivity index (χ4v) is 3.52. The normalized spacial score (nSPS) is 13.5. The van der Waals surface area contributed by atoms with E-state index in [1.54, 1.807) is 19.1 Å². The van der Waals surface area contributed by atoms with E-state index in [2.05, 4.69) is 4.72 Å². The van der Waals surface area contributed by atoms with Gasteiger partial charge in [-0.05, 0) is 37.5 Å². The van der Waals surface area contributed by atoms with Gasteiger partial charge in [0.05, 0.1) is 4.90 Å². The van der Waals surface area contributed by atoms with Crippen molar-refractivity contribution in [2.45, 2.75) is 51.0 Å². The van der Waals surface area contributed by atoms with Crippen molar-refractivity contribution >= 4 is 15.7 Å². The smallest absolute Gasteiger partial charge is 0.241 e. The summed E-state index contributed by atoms with van der Waals surface area (Å²) in [6, 6.07) is 4.93. The van der Waals surface area contributed by atoms with E-state index in [0.29, 0.717) is 11.3 Å². The van der Waals surface area contributed by atoms with Crippen LogP contribution in [0.1, 0.15) is 38.7 Å². The first-order chi connectivity index (χ1) is 8.40. The van der Waals surface area contributed by atoms with Crippen LogP contribution in [0.4, 0.5) is 5.69 Å². The van der Waals surface area contributed by atoms with Crippen molar-refractivity contribution in [2.24, 2.45) is 0 Å². The third kappa shape index (κ3) is 3.71. The van der Waals surface area contributed by atoms with Gasteiger partial charge in [0, 0.05) is 11.7 Å². The maximum atomic E-state index is 12.3. The lowest BCUT2D eigenvalue weighted by molar-refractivity contribution is 0.512. The number of nitrogen functional groups attached to an aromatic ring is 1. The van der Waals surface area contributed by atoms with Crippen LogP contribution in [0.2, 0.25) is 0 Å². The number of hydrogen-bond acceptors (Lipinski definition) is 3. The average molecular weight is 270 g/mol. The number of hydrogen-bond donors (Lipinski definition) is 2. The third-order valence-electron chi connectivity index (χ3n) is 2.95. The second-order valence-corrected chi connectivity index (χ2v) is 6.22. The first-order valence-electron chi connectivity index (χ1n) is 6.29. The Morgan fingerprint density at radius 2 is 2.00 bits per heavy atom. The Kier molecular flexibility index (Phi) is 5.16. The van der Waals surface area contributed by atoms with Crippen molar-refractivity contribution in [3.8, 4) is 0 Å². The van der Waals surface area contributed by atoms with E-state index in [0.717, 1.165) is 19.3 Å². The Balaban J connectivity index is 3.02. The molecule has 18 heavy (non-hydrogen) atoms. The molecule has 3 N–H and O–H groups in total. The quantitative estimate of drug-likeness (QED) is 0.780. The molecule has 1 aromatic carbocycles. The zero-order valence-electron chi connectivity index (χ0n) is 11.2. The van der Waals surface area contributed by atoms with Crippen LogP contribution < -0.4 is 10.5 Å². The number of sulfonamides is 1. The lowest BCUT2D eigenvalue weighted by atomic mass is 10.1. The van der Waals surface area contributed by atoms with Crippen LogP contribution in [0.15, 0.2) is 23.1 Å². The number of rotatable bonds is 6. The fraction of sp³-hybridized carbons (Fsp3) is 0.538. The zero-order chi connectivity index (χ0) is 13.8. The lowest BCUT2D eigenvalue weighted by Crippen LogP contribution is -2.34. The summed E-state index contributed by atoms with van der Waals surface area (Å²) in [5.41, 5.74) is 6.83. The molecule has 0 bridgehead atoms. The molecule has 0 aliphatic carbocycles. The molecule has 4 nitrogen and oxygen atoms in total. The molecular formula is C13H22N2O2S. The van der Waals surface area contributed by atoms with Crippen molar-refractivity contribution in [1.82, 2.24) is 4.72 Å². The summed E-state index contributed by atoms with van der Waals surface area (Å²) in [6.45, 7) is 5.80. The maximum absolute atomic E-state index is 12.3. The Hall–Kier alpha value is -1.07. The van der Waals surface area contributed by atoms with E-state index in [4.69, 9.17) is 5.73 Å². The summed E-state index contributed by atoms with van der Waals surface area (Å²) in [6.07, 6.45) is 2.59. The molecule has 1 unspecified atom stereocenters. The molecule has 0 saturated carbocycles. The number of benzene rings is 1. The summed E-state index contributed by atoms with van der Waals surface area (Å²) < 4.78 is 27.3. The average Bonchev–Trinajstić information content (AvgIpc) is 2.31. The monoisotopic (exact) mass is 270 g/mol. The molecule has 0 heterocycles. The predicted molar refractivity (Wildman–Crippen MR) is 74.9 cm³/mol. The zero-order valence-corrected chi connectivity index (χ0v) is 12.0. The highest BCUT2D eigenvalue weighted by Crippen LogP contribution is 2.19. The highest BCUT2D eigenvalue weighted by Gasteiger charge is 2.20. The molecule has 0 fully saturated rings. The van der Waals surface area contributed by atoms with Crippen molar-refractivity contribution in [3.05, 3.63) is 23.8 Å². The predicted octanol–water partition coefficient (Wildman–Crippen LogP) is 2.43.